The van der Waals surface area contributed by atoms with Crippen LogP contribution in [-0.2, 0) is 9.53 Å². The lowest BCUT2D eigenvalue weighted by atomic mass is 9.77. The highest BCUT2D eigenvalue weighted by molar-refractivity contribution is 5.93. The molecule has 0 radical (unpaired) electrons. The molecule has 0 aliphatic carbocycles. The van der Waals surface area contributed by atoms with Gasteiger partial charge in [0.05, 0.1) is 12.1 Å². The molecule has 1 fully saturated rings. The number of methoxy groups -OCH3 is 1. The minimum atomic E-state index is -0.787. The van der Waals surface area contributed by atoms with Crippen molar-refractivity contribution in [3.63, 3.8) is 0 Å². The van der Waals surface area contributed by atoms with Gasteiger partial charge >= 0.3 is 0 Å². The molecule has 0 unspecified atom stereocenters. The molecule has 0 saturated carbocycles. The van der Waals surface area contributed by atoms with E-state index in [4.69, 9.17) is 4.74 Å². The molecule has 3 nitrogen and oxygen atoms in total. The van der Waals surface area contributed by atoms with Crippen molar-refractivity contribution in [3.05, 3.63) is 71.8 Å². The molecule has 2 aromatic carbocycles. The first-order valence-electron chi connectivity index (χ1n) is 7.57. The first-order valence-corrected chi connectivity index (χ1v) is 7.57. The van der Waals surface area contributed by atoms with Crippen molar-refractivity contribution >= 4 is 5.91 Å². The number of carbonyl (C=O) groups excluding carboxylic acids is 1. The van der Waals surface area contributed by atoms with Crippen LogP contribution in [0, 0.1) is 0 Å². The zero-order chi connectivity index (χ0) is 15.7. The lowest BCUT2D eigenvalue weighted by molar-refractivity contribution is -0.201. The third-order valence-electron chi connectivity index (χ3n) is 4.70. The van der Waals surface area contributed by atoms with Crippen molar-refractivity contribution in [1.82, 2.24) is 4.90 Å². The van der Waals surface area contributed by atoms with Crippen molar-refractivity contribution in [2.45, 2.75) is 31.5 Å². The van der Waals surface area contributed by atoms with Crippen LogP contribution in [0.2, 0.25) is 0 Å². The van der Waals surface area contributed by atoms with Crippen LogP contribution in [0.15, 0.2) is 60.7 Å². The average Bonchev–Trinajstić information content (AvgIpc) is 2.59. The summed E-state index contributed by atoms with van der Waals surface area (Å²) in [6.07, 6.45) is 0. The van der Waals surface area contributed by atoms with E-state index < -0.39 is 5.60 Å². The van der Waals surface area contributed by atoms with Gasteiger partial charge in [-0.2, -0.15) is 0 Å². The van der Waals surface area contributed by atoms with Crippen LogP contribution in [0.5, 0.6) is 0 Å². The number of likely N-dealkylation sites (tertiary alicyclic amines) is 1. The number of carbonyl (C=O) groups is 1. The Kier molecular flexibility index (Phi) is 3.75. The lowest BCUT2D eigenvalue weighted by Gasteiger charge is -2.56. The summed E-state index contributed by atoms with van der Waals surface area (Å²) in [5, 5.41) is 0. The van der Waals surface area contributed by atoms with Gasteiger partial charge in [-0.25, -0.2) is 0 Å². The van der Waals surface area contributed by atoms with Gasteiger partial charge in [0.2, 0.25) is 0 Å². The van der Waals surface area contributed by atoms with Crippen LogP contribution in [0.25, 0.3) is 0 Å². The van der Waals surface area contributed by atoms with Gasteiger partial charge in [-0.1, -0.05) is 60.7 Å². The highest BCUT2D eigenvalue weighted by Gasteiger charge is 2.60. The van der Waals surface area contributed by atoms with E-state index in [9.17, 15) is 4.79 Å². The smallest absolute Gasteiger partial charge is 0.258 e. The van der Waals surface area contributed by atoms with Gasteiger partial charge in [0.15, 0.2) is 5.60 Å². The largest absolute Gasteiger partial charge is 0.366 e. The maximum atomic E-state index is 12.7. The Labute approximate surface area is 131 Å². The first-order chi connectivity index (χ1) is 10.6. The molecular formula is C19H21NO2. The molecular weight excluding hydrogens is 274 g/mol. The minimum absolute atomic E-state index is 0.0159. The van der Waals surface area contributed by atoms with E-state index in [2.05, 4.69) is 31.2 Å². The van der Waals surface area contributed by atoms with Crippen molar-refractivity contribution in [3.8, 4) is 0 Å². The van der Waals surface area contributed by atoms with E-state index >= 15 is 0 Å². The number of ether oxygens (including phenoxy) is 1. The molecule has 3 atom stereocenters. The quantitative estimate of drug-likeness (QED) is 0.804. The van der Waals surface area contributed by atoms with Gasteiger partial charge in [-0.05, 0) is 25.0 Å². The summed E-state index contributed by atoms with van der Waals surface area (Å²) in [6, 6.07) is 20.2. The maximum Gasteiger partial charge on any atom is 0.258 e. The fraction of sp³-hybridized carbons (Fsp3) is 0.316. The molecule has 1 heterocycles. The summed E-state index contributed by atoms with van der Waals surface area (Å²) in [5.41, 5.74) is 1.45. The molecule has 0 spiro atoms. The second-order valence-electron chi connectivity index (χ2n) is 5.92. The second-order valence-corrected chi connectivity index (χ2v) is 5.92. The van der Waals surface area contributed by atoms with Crippen molar-refractivity contribution in [1.29, 1.82) is 0 Å². The van der Waals surface area contributed by atoms with Crippen LogP contribution in [0.1, 0.15) is 37.1 Å². The fourth-order valence-electron chi connectivity index (χ4n) is 3.29. The molecule has 1 aliphatic heterocycles. The zero-order valence-electron chi connectivity index (χ0n) is 13.2. The maximum absolute atomic E-state index is 12.7. The summed E-state index contributed by atoms with van der Waals surface area (Å²) in [4.78, 5) is 14.6. The van der Waals surface area contributed by atoms with E-state index in [0.717, 1.165) is 11.1 Å². The Morgan fingerprint density at radius 1 is 1.05 bits per heavy atom. The predicted molar refractivity (Wildman–Crippen MR) is 86.3 cm³/mol. The van der Waals surface area contributed by atoms with E-state index in [1.54, 1.807) is 7.11 Å². The Balaban J connectivity index is 1.98. The predicted octanol–water partition coefficient (Wildman–Crippen LogP) is 3.74. The third-order valence-corrected chi connectivity index (χ3v) is 4.70. The summed E-state index contributed by atoms with van der Waals surface area (Å²) in [7, 11) is 1.61. The molecule has 3 rings (SSSR count). The van der Waals surface area contributed by atoms with Crippen LogP contribution >= 0.6 is 0 Å². The highest BCUT2D eigenvalue weighted by Crippen LogP contribution is 2.49. The standard InChI is InChI=1S/C19H21NO2/c1-14(15-10-6-4-7-11-15)20-17(16-12-8-5-9-13-16)19(2,22-3)18(20)21/h4-14,17H,1-3H3/t14-,17+,19+/m0/s1. The average molecular weight is 295 g/mol. The third kappa shape index (κ3) is 2.13. The number of benzene rings is 2. The van der Waals surface area contributed by atoms with Crippen LogP contribution in [0.3, 0.4) is 0 Å². The molecule has 114 valence electrons. The normalized spacial score (nSPS) is 25.7. The van der Waals surface area contributed by atoms with Crippen molar-refractivity contribution < 1.29 is 9.53 Å². The van der Waals surface area contributed by atoms with Crippen LogP contribution < -0.4 is 0 Å². The minimum Gasteiger partial charge on any atom is -0.366 e. The van der Waals surface area contributed by atoms with Gasteiger partial charge in [-0.3, -0.25) is 4.79 Å². The Morgan fingerprint density at radius 2 is 1.59 bits per heavy atom. The summed E-state index contributed by atoms with van der Waals surface area (Å²) in [6.45, 7) is 3.94. The number of hydrogen-bond donors (Lipinski definition) is 0. The Hall–Kier alpha value is -2.13. The number of rotatable bonds is 4. The van der Waals surface area contributed by atoms with E-state index in [-0.39, 0.29) is 18.0 Å². The summed E-state index contributed by atoms with van der Waals surface area (Å²) < 4.78 is 5.58. The van der Waals surface area contributed by atoms with Crippen LogP contribution in [-0.4, -0.2) is 23.5 Å². The molecule has 0 bridgehead atoms. The molecule has 0 aromatic heterocycles. The SMILES string of the molecule is CO[C@@]1(C)C(=O)N([C@@H](C)c2ccccc2)[C@@H]1c1ccccc1. The monoisotopic (exact) mass is 295 g/mol. The van der Waals surface area contributed by atoms with Crippen molar-refractivity contribution in [2.24, 2.45) is 0 Å². The van der Waals surface area contributed by atoms with Crippen molar-refractivity contribution in [2.75, 3.05) is 7.11 Å². The fourth-order valence-corrected chi connectivity index (χ4v) is 3.29. The summed E-state index contributed by atoms with van der Waals surface area (Å²) in [5.74, 6) is 0.0419. The Bertz CT molecular complexity index is 656. The first kappa shape index (κ1) is 14.8. The Morgan fingerprint density at radius 3 is 2.14 bits per heavy atom. The topological polar surface area (TPSA) is 29.5 Å². The van der Waals surface area contributed by atoms with Gasteiger partial charge in [0.25, 0.3) is 5.91 Å². The summed E-state index contributed by atoms with van der Waals surface area (Å²) >= 11 is 0. The molecule has 1 aliphatic rings. The van der Waals surface area contributed by atoms with Crippen LogP contribution in [0.4, 0.5) is 0 Å². The molecule has 3 heteroatoms. The number of hydrogen-bond acceptors (Lipinski definition) is 2. The number of β-lactam (4-membered cyclic amide) rings is 1. The van der Waals surface area contributed by atoms with Gasteiger partial charge < -0.3 is 9.64 Å². The zero-order valence-corrected chi connectivity index (χ0v) is 13.2. The van der Waals surface area contributed by atoms with Gasteiger partial charge in [0.1, 0.15) is 0 Å². The molecule has 0 N–H and O–H groups in total. The van der Waals surface area contributed by atoms with E-state index in [1.807, 2.05) is 48.2 Å². The highest BCUT2D eigenvalue weighted by atomic mass is 16.5. The lowest BCUT2D eigenvalue weighted by Crippen LogP contribution is -2.68. The number of amides is 1. The van der Waals surface area contributed by atoms with Gasteiger partial charge in [-0.15, -0.1) is 0 Å². The number of nitrogens with zero attached hydrogens (tertiary/aromatic N) is 1. The van der Waals surface area contributed by atoms with Gasteiger partial charge in [0, 0.05) is 7.11 Å². The second kappa shape index (κ2) is 5.58. The molecule has 22 heavy (non-hydrogen) atoms. The van der Waals surface area contributed by atoms with E-state index in [0.29, 0.717) is 0 Å². The van der Waals surface area contributed by atoms with E-state index in [1.165, 1.54) is 0 Å². The molecule has 2 aromatic rings. The molecule has 1 saturated heterocycles. The molecule has 1 amide bonds.